The van der Waals surface area contributed by atoms with Crippen molar-refractivity contribution < 1.29 is 0 Å². The predicted molar refractivity (Wildman–Crippen MR) is 61.6 cm³/mol. The number of hydrogen-bond acceptors (Lipinski definition) is 2. The summed E-state index contributed by atoms with van der Waals surface area (Å²) in [6.45, 7) is 4.57. The molecule has 1 aromatic heterocycles. The molecule has 1 saturated carbocycles. The number of hydrogen-bond donors (Lipinski definition) is 2. The second-order valence-corrected chi connectivity index (χ2v) is 4.88. The van der Waals surface area contributed by atoms with Crippen LogP contribution >= 0.6 is 0 Å². The van der Waals surface area contributed by atoms with Crippen LogP contribution in [0.5, 0.6) is 0 Å². The van der Waals surface area contributed by atoms with Gasteiger partial charge in [-0.2, -0.15) is 5.10 Å². The molecule has 1 atom stereocenters. The maximum atomic E-state index is 3.98. The zero-order chi connectivity index (χ0) is 10.7. The lowest BCUT2D eigenvalue weighted by atomic mass is 9.87. The zero-order valence-corrected chi connectivity index (χ0v) is 9.66. The lowest BCUT2D eigenvalue weighted by Crippen LogP contribution is -2.34. The third-order valence-corrected chi connectivity index (χ3v) is 3.52. The van der Waals surface area contributed by atoms with E-state index < -0.39 is 0 Å². The van der Waals surface area contributed by atoms with Gasteiger partial charge in [0, 0.05) is 23.8 Å². The third kappa shape index (κ3) is 2.81. The molecule has 1 heterocycles. The average Bonchev–Trinajstić information content (AvgIpc) is 2.74. The largest absolute Gasteiger partial charge is 0.307 e. The predicted octanol–water partition coefficient (Wildman–Crippen LogP) is 2.64. The summed E-state index contributed by atoms with van der Waals surface area (Å²) in [6, 6.07) is 1.12. The van der Waals surface area contributed by atoms with Gasteiger partial charge in [0.2, 0.25) is 0 Å². The third-order valence-electron chi connectivity index (χ3n) is 3.52. The monoisotopic (exact) mass is 207 g/mol. The van der Waals surface area contributed by atoms with Crippen LogP contribution in [0.15, 0.2) is 12.4 Å². The van der Waals surface area contributed by atoms with Crippen LogP contribution in [0.25, 0.3) is 0 Å². The molecule has 1 aliphatic carbocycles. The Morgan fingerprint density at radius 3 is 2.73 bits per heavy atom. The standard InChI is InChI=1S/C12H21N3/c1-9-3-5-12(6-4-9)15-10(2)11-7-13-14-8-11/h7-10,12,15H,3-6H2,1-2H3,(H,13,14). The molecule has 0 amide bonds. The first-order valence-electron chi connectivity index (χ1n) is 6.00. The van der Waals surface area contributed by atoms with E-state index >= 15 is 0 Å². The van der Waals surface area contributed by atoms with Crippen LogP contribution in [-0.4, -0.2) is 16.2 Å². The van der Waals surface area contributed by atoms with E-state index in [1.807, 2.05) is 12.4 Å². The van der Waals surface area contributed by atoms with E-state index in [4.69, 9.17) is 0 Å². The minimum Gasteiger partial charge on any atom is -0.307 e. The topological polar surface area (TPSA) is 40.7 Å². The van der Waals surface area contributed by atoms with Gasteiger partial charge < -0.3 is 5.32 Å². The molecular formula is C12H21N3. The van der Waals surface area contributed by atoms with Crippen molar-refractivity contribution >= 4 is 0 Å². The van der Waals surface area contributed by atoms with E-state index in [2.05, 4.69) is 29.4 Å². The first-order chi connectivity index (χ1) is 7.25. The second kappa shape index (κ2) is 4.79. The van der Waals surface area contributed by atoms with Gasteiger partial charge in [-0.15, -0.1) is 0 Å². The summed E-state index contributed by atoms with van der Waals surface area (Å²) in [7, 11) is 0. The SMILES string of the molecule is CC1CCC(NC(C)c2cn[nH]c2)CC1. The Labute approximate surface area is 91.7 Å². The summed E-state index contributed by atoms with van der Waals surface area (Å²) in [5, 5.41) is 10.5. The van der Waals surface area contributed by atoms with Gasteiger partial charge in [-0.05, 0) is 38.5 Å². The average molecular weight is 207 g/mol. The highest BCUT2D eigenvalue weighted by atomic mass is 15.1. The summed E-state index contributed by atoms with van der Waals surface area (Å²) in [4.78, 5) is 0. The van der Waals surface area contributed by atoms with Gasteiger partial charge >= 0.3 is 0 Å². The quantitative estimate of drug-likeness (QED) is 0.800. The van der Waals surface area contributed by atoms with Crippen LogP contribution in [0.4, 0.5) is 0 Å². The van der Waals surface area contributed by atoms with Gasteiger partial charge in [0.1, 0.15) is 0 Å². The summed E-state index contributed by atoms with van der Waals surface area (Å²) in [5.41, 5.74) is 1.26. The molecule has 0 aromatic carbocycles. The fourth-order valence-corrected chi connectivity index (χ4v) is 2.37. The molecule has 0 aliphatic heterocycles. The fraction of sp³-hybridized carbons (Fsp3) is 0.750. The molecule has 1 aliphatic rings. The molecule has 0 saturated heterocycles. The lowest BCUT2D eigenvalue weighted by molar-refractivity contribution is 0.292. The fourth-order valence-electron chi connectivity index (χ4n) is 2.37. The Kier molecular flexibility index (Phi) is 3.41. The maximum absolute atomic E-state index is 3.98. The number of nitrogens with one attached hydrogen (secondary N) is 2. The van der Waals surface area contributed by atoms with Crippen molar-refractivity contribution in [1.82, 2.24) is 15.5 Å². The number of H-pyrrole nitrogens is 1. The molecule has 3 heteroatoms. The normalized spacial score (nSPS) is 28.9. The van der Waals surface area contributed by atoms with Crippen LogP contribution in [0.3, 0.4) is 0 Å². The molecule has 3 nitrogen and oxygen atoms in total. The molecule has 2 rings (SSSR count). The summed E-state index contributed by atoms with van der Waals surface area (Å²) in [6.07, 6.45) is 9.27. The van der Waals surface area contributed by atoms with Crippen LogP contribution in [0, 0.1) is 5.92 Å². The van der Waals surface area contributed by atoms with Crippen molar-refractivity contribution in [3.8, 4) is 0 Å². The molecule has 1 aromatic rings. The van der Waals surface area contributed by atoms with Crippen LogP contribution in [0.1, 0.15) is 51.1 Å². The molecule has 15 heavy (non-hydrogen) atoms. The smallest absolute Gasteiger partial charge is 0.0534 e. The van der Waals surface area contributed by atoms with Gasteiger partial charge in [0.15, 0.2) is 0 Å². The lowest BCUT2D eigenvalue weighted by Gasteiger charge is -2.29. The molecular weight excluding hydrogens is 186 g/mol. The minimum atomic E-state index is 0.419. The number of nitrogens with zero attached hydrogens (tertiary/aromatic N) is 1. The van der Waals surface area contributed by atoms with E-state index in [1.165, 1.54) is 31.2 Å². The van der Waals surface area contributed by atoms with Crippen molar-refractivity contribution in [2.75, 3.05) is 0 Å². The van der Waals surface area contributed by atoms with E-state index in [0.29, 0.717) is 12.1 Å². The van der Waals surface area contributed by atoms with Crippen molar-refractivity contribution in [1.29, 1.82) is 0 Å². The number of rotatable bonds is 3. The Morgan fingerprint density at radius 2 is 2.13 bits per heavy atom. The highest BCUT2D eigenvalue weighted by Crippen LogP contribution is 2.25. The second-order valence-electron chi connectivity index (χ2n) is 4.88. The summed E-state index contributed by atoms with van der Waals surface area (Å²) >= 11 is 0. The highest BCUT2D eigenvalue weighted by Gasteiger charge is 2.19. The Hall–Kier alpha value is -0.830. The molecule has 2 N–H and O–H groups in total. The minimum absolute atomic E-state index is 0.419. The summed E-state index contributed by atoms with van der Waals surface area (Å²) in [5.74, 6) is 0.923. The van der Waals surface area contributed by atoms with Crippen molar-refractivity contribution in [3.05, 3.63) is 18.0 Å². The van der Waals surface area contributed by atoms with Gasteiger partial charge in [0.05, 0.1) is 6.20 Å². The van der Waals surface area contributed by atoms with Crippen molar-refractivity contribution in [2.45, 2.75) is 51.6 Å². The Morgan fingerprint density at radius 1 is 1.40 bits per heavy atom. The molecule has 1 unspecified atom stereocenters. The first-order valence-corrected chi connectivity index (χ1v) is 6.00. The van der Waals surface area contributed by atoms with E-state index in [0.717, 1.165) is 5.92 Å². The van der Waals surface area contributed by atoms with E-state index in [9.17, 15) is 0 Å². The van der Waals surface area contributed by atoms with Gasteiger partial charge in [-0.25, -0.2) is 0 Å². The molecule has 1 fully saturated rings. The molecule has 0 spiro atoms. The van der Waals surface area contributed by atoms with Crippen LogP contribution in [0.2, 0.25) is 0 Å². The van der Waals surface area contributed by atoms with E-state index in [-0.39, 0.29) is 0 Å². The van der Waals surface area contributed by atoms with Crippen molar-refractivity contribution in [2.24, 2.45) is 5.92 Å². The van der Waals surface area contributed by atoms with Gasteiger partial charge in [0.25, 0.3) is 0 Å². The highest BCUT2D eigenvalue weighted by molar-refractivity contribution is 5.08. The van der Waals surface area contributed by atoms with Gasteiger partial charge in [-0.1, -0.05) is 6.92 Å². The van der Waals surface area contributed by atoms with Crippen LogP contribution in [-0.2, 0) is 0 Å². The van der Waals surface area contributed by atoms with Crippen LogP contribution < -0.4 is 5.32 Å². The van der Waals surface area contributed by atoms with Crippen molar-refractivity contribution in [3.63, 3.8) is 0 Å². The number of aromatic amines is 1. The Balaban J connectivity index is 1.82. The molecule has 0 bridgehead atoms. The number of aromatic nitrogens is 2. The van der Waals surface area contributed by atoms with E-state index in [1.54, 1.807) is 0 Å². The molecule has 0 radical (unpaired) electrons. The Bertz CT molecular complexity index is 273. The summed E-state index contributed by atoms with van der Waals surface area (Å²) < 4.78 is 0. The van der Waals surface area contributed by atoms with Gasteiger partial charge in [-0.3, -0.25) is 5.10 Å². The first kappa shape index (κ1) is 10.7. The molecule has 84 valence electrons. The maximum Gasteiger partial charge on any atom is 0.0534 e. The zero-order valence-electron chi connectivity index (χ0n) is 9.66.